The molecule has 1 aromatic carbocycles. The minimum atomic E-state index is -0.698. The maximum Gasteiger partial charge on any atom is 0.316 e. The number of benzene rings is 1. The molecule has 110 valence electrons. The number of carbonyl (C=O) groups excluding carboxylic acids is 2. The SMILES string of the molecule is CC(C)COC(=O)C(CC(C)C)C(=O)c1ccccc1. The molecule has 0 aliphatic rings. The Balaban J connectivity index is 2.83. The van der Waals surface area contributed by atoms with E-state index in [1.807, 2.05) is 33.8 Å². The fourth-order valence-corrected chi connectivity index (χ4v) is 1.93. The average molecular weight is 276 g/mol. The Hall–Kier alpha value is -1.64. The smallest absolute Gasteiger partial charge is 0.316 e. The first kappa shape index (κ1) is 16.4. The maximum absolute atomic E-state index is 12.5. The van der Waals surface area contributed by atoms with Gasteiger partial charge in [0.25, 0.3) is 0 Å². The third-order valence-corrected chi connectivity index (χ3v) is 2.93. The van der Waals surface area contributed by atoms with E-state index in [1.165, 1.54) is 0 Å². The number of rotatable bonds is 7. The molecule has 0 aromatic heterocycles. The first-order chi connectivity index (χ1) is 9.41. The summed E-state index contributed by atoms with van der Waals surface area (Å²) in [5.41, 5.74) is 0.569. The van der Waals surface area contributed by atoms with E-state index in [1.54, 1.807) is 24.3 Å². The van der Waals surface area contributed by atoms with Crippen molar-refractivity contribution < 1.29 is 14.3 Å². The van der Waals surface area contributed by atoms with Gasteiger partial charge >= 0.3 is 5.97 Å². The minimum absolute atomic E-state index is 0.145. The van der Waals surface area contributed by atoms with Crippen molar-refractivity contribution in [1.82, 2.24) is 0 Å². The molecule has 1 rings (SSSR count). The number of esters is 1. The molecule has 3 nitrogen and oxygen atoms in total. The molecule has 0 fully saturated rings. The number of carbonyl (C=O) groups is 2. The zero-order valence-electron chi connectivity index (χ0n) is 12.8. The lowest BCUT2D eigenvalue weighted by Gasteiger charge is -2.17. The van der Waals surface area contributed by atoms with Crippen LogP contribution in [-0.4, -0.2) is 18.4 Å². The van der Waals surface area contributed by atoms with E-state index < -0.39 is 11.9 Å². The van der Waals surface area contributed by atoms with Crippen molar-refractivity contribution in [2.24, 2.45) is 17.8 Å². The van der Waals surface area contributed by atoms with Gasteiger partial charge in [-0.25, -0.2) is 0 Å². The molecule has 1 atom stereocenters. The molecule has 0 spiro atoms. The second-order valence-corrected chi connectivity index (χ2v) is 5.94. The Morgan fingerprint density at radius 2 is 1.60 bits per heavy atom. The van der Waals surface area contributed by atoms with Crippen molar-refractivity contribution in [3.8, 4) is 0 Å². The molecule has 0 saturated heterocycles. The third kappa shape index (κ3) is 5.16. The van der Waals surface area contributed by atoms with Gasteiger partial charge < -0.3 is 4.74 Å². The van der Waals surface area contributed by atoms with Crippen LogP contribution in [-0.2, 0) is 9.53 Å². The van der Waals surface area contributed by atoms with Crippen LogP contribution in [0.5, 0.6) is 0 Å². The van der Waals surface area contributed by atoms with Crippen LogP contribution in [0.4, 0.5) is 0 Å². The summed E-state index contributed by atoms with van der Waals surface area (Å²) in [6.07, 6.45) is 0.519. The van der Waals surface area contributed by atoms with E-state index in [0.717, 1.165) is 0 Å². The van der Waals surface area contributed by atoms with Gasteiger partial charge in [-0.05, 0) is 18.3 Å². The van der Waals surface area contributed by atoms with Crippen LogP contribution in [0.2, 0.25) is 0 Å². The van der Waals surface area contributed by atoms with E-state index >= 15 is 0 Å². The molecule has 0 amide bonds. The van der Waals surface area contributed by atoms with Gasteiger partial charge in [0.1, 0.15) is 5.92 Å². The van der Waals surface area contributed by atoms with E-state index in [2.05, 4.69) is 0 Å². The number of ether oxygens (including phenoxy) is 1. The van der Waals surface area contributed by atoms with Gasteiger partial charge in [0.2, 0.25) is 0 Å². The summed E-state index contributed by atoms with van der Waals surface area (Å²) in [5.74, 6) is -0.713. The molecule has 1 unspecified atom stereocenters. The highest BCUT2D eigenvalue weighted by Gasteiger charge is 2.29. The summed E-state index contributed by atoms with van der Waals surface area (Å²) in [4.78, 5) is 24.6. The molecule has 0 radical (unpaired) electrons. The zero-order chi connectivity index (χ0) is 15.1. The number of ketones is 1. The topological polar surface area (TPSA) is 43.4 Å². The standard InChI is InChI=1S/C17H24O3/c1-12(2)10-15(17(19)20-11-13(3)4)16(18)14-8-6-5-7-9-14/h5-9,12-13,15H,10-11H2,1-4H3. The Labute approximate surface area is 121 Å². The number of hydrogen-bond acceptors (Lipinski definition) is 3. The highest BCUT2D eigenvalue weighted by Crippen LogP contribution is 2.19. The summed E-state index contributed by atoms with van der Waals surface area (Å²) >= 11 is 0. The molecule has 0 aliphatic carbocycles. The van der Waals surface area contributed by atoms with Crippen LogP contribution in [0.3, 0.4) is 0 Å². The number of Topliss-reactive ketones (excluding diaryl/α,β-unsaturated/α-hetero) is 1. The van der Waals surface area contributed by atoms with E-state index in [9.17, 15) is 9.59 Å². The van der Waals surface area contributed by atoms with E-state index in [4.69, 9.17) is 4.74 Å². The van der Waals surface area contributed by atoms with Gasteiger partial charge in [-0.2, -0.15) is 0 Å². The molecule has 0 bridgehead atoms. The monoisotopic (exact) mass is 276 g/mol. The fraction of sp³-hybridized carbons (Fsp3) is 0.529. The van der Waals surface area contributed by atoms with Gasteiger partial charge in [0, 0.05) is 5.56 Å². The van der Waals surface area contributed by atoms with Crippen molar-refractivity contribution in [2.45, 2.75) is 34.1 Å². The molecule has 0 saturated carbocycles. The second kappa shape index (κ2) is 7.83. The van der Waals surface area contributed by atoms with Crippen molar-refractivity contribution >= 4 is 11.8 Å². The minimum Gasteiger partial charge on any atom is -0.465 e. The average Bonchev–Trinajstić information content (AvgIpc) is 2.42. The second-order valence-electron chi connectivity index (χ2n) is 5.94. The van der Waals surface area contributed by atoms with E-state index in [0.29, 0.717) is 18.6 Å². The highest BCUT2D eigenvalue weighted by atomic mass is 16.5. The summed E-state index contributed by atoms with van der Waals surface area (Å²) in [6, 6.07) is 8.94. The Kier molecular flexibility index (Phi) is 6.43. The van der Waals surface area contributed by atoms with Crippen molar-refractivity contribution in [3.05, 3.63) is 35.9 Å². The Morgan fingerprint density at radius 1 is 1.00 bits per heavy atom. The molecule has 0 N–H and O–H groups in total. The van der Waals surface area contributed by atoms with Gasteiger partial charge in [0.05, 0.1) is 6.61 Å². The fourth-order valence-electron chi connectivity index (χ4n) is 1.93. The highest BCUT2D eigenvalue weighted by molar-refractivity contribution is 6.08. The van der Waals surface area contributed by atoms with Crippen molar-refractivity contribution in [2.75, 3.05) is 6.61 Å². The van der Waals surface area contributed by atoms with Crippen LogP contribution >= 0.6 is 0 Å². The van der Waals surface area contributed by atoms with Crippen LogP contribution in [0.1, 0.15) is 44.5 Å². The molecule has 1 aromatic rings. The van der Waals surface area contributed by atoms with E-state index in [-0.39, 0.29) is 17.6 Å². The van der Waals surface area contributed by atoms with Gasteiger partial charge in [-0.3, -0.25) is 9.59 Å². The first-order valence-corrected chi connectivity index (χ1v) is 7.17. The first-order valence-electron chi connectivity index (χ1n) is 7.17. The Bertz CT molecular complexity index is 435. The van der Waals surface area contributed by atoms with Crippen LogP contribution in [0.25, 0.3) is 0 Å². The lowest BCUT2D eigenvalue weighted by Crippen LogP contribution is -2.28. The lowest BCUT2D eigenvalue weighted by atomic mass is 9.90. The van der Waals surface area contributed by atoms with Crippen molar-refractivity contribution in [1.29, 1.82) is 0 Å². The molecule has 0 aliphatic heterocycles. The van der Waals surface area contributed by atoms with Crippen LogP contribution in [0, 0.1) is 17.8 Å². The third-order valence-electron chi connectivity index (χ3n) is 2.93. The summed E-state index contributed by atoms with van der Waals surface area (Å²) in [7, 11) is 0. The molecular formula is C17H24O3. The zero-order valence-corrected chi connectivity index (χ0v) is 12.8. The van der Waals surface area contributed by atoms with Crippen LogP contribution in [0.15, 0.2) is 30.3 Å². The predicted octanol–water partition coefficient (Wildman–Crippen LogP) is 3.73. The van der Waals surface area contributed by atoms with Gasteiger partial charge in [-0.15, -0.1) is 0 Å². The largest absolute Gasteiger partial charge is 0.465 e. The number of hydrogen-bond donors (Lipinski definition) is 0. The molecule has 20 heavy (non-hydrogen) atoms. The normalized spacial score (nSPS) is 12.5. The lowest BCUT2D eigenvalue weighted by molar-refractivity contribution is -0.148. The maximum atomic E-state index is 12.5. The van der Waals surface area contributed by atoms with Gasteiger partial charge in [0.15, 0.2) is 5.78 Å². The molecular weight excluding hydrogens is 252 g/mol. The quantitative estimate of drug-likeness (QED) is 0.433. The summed E-state index contributed by atoms with van der Waals surface area (Å²) in [6.45, 7) is 8.31. The summed E-state index contributed by atoms with van der Waals surface area (Å²) in [5, 5.41) is 0. The summed E-state index contributed by atoms with van der Waals surface area (Å²) < 4.78 is 5.25. The molecule has 0 heterocycles. The molecule has 3 heteroatoms. The van der Waals surface area contributed by atoms with Crippen molar-refractivity contribution in [3.63, 3.8) is 0 Å². The Morgan fingerprint density at radius 3 is 2.10 bits per heavy atom. The van der Waals surface area contributed by atoms with Gasteiger partial charge in [-0.1, -0.05) is 58.0 Å². The van der Waals surface area contributed by atoms with Crippen LogP contribution < -0.4 is 0 Å². The predicted molar refractivity (Wildman–Crippen MR) is 79.5 cm³/mol.